The Kier molecular flexibility index (Phi) is 3.06. The summed E-state index contributed by atoms with van der Waals surface area (Å²) in [6.07, 6.45) is 2.19. The molecule has 1 nitrogen and oxygen atoms in total. The first kappa shape index (κ1) is 11.0. The van der Waals surface area contributed by atoms with E-state index in [4.69, 9.17) is 0 Å². The fourth-order valence-electron chi connectivity index (χ4n) is 2.87. The van der Waals surface area contributed by atoms with Crippen LogP contribution in [0, 0.1) is 23.7 Å². The molecule has 1 heteroatoms. The molecule has 1 rings (SSSR count). The predicted octanol–water partition coefficient (Wildman–Crippen LogP) is 3.08. The molecule has 1 aliphatic carbocycles. The van der Waals surface area contributed by atoms with Crippen molar-refractivity contribution < 1.29 is 5.11 Å². The topological polar surface area (TPSA) is 20.2 Å². The number of hydrogen-bond acceptors (Lipinski definition) is 1. The average Bonchev–Trinajstić information content (AvgIpc) is 2.08. The van der Waals surface area contributed by atoms with Gasteiger partial charge in [0.1, 0.15) is 0 Å². The number of hydrogen-bond donors (Lipinski definition) is 1. The van der Waals surface area contributed by atoms with E-state index < -0.39 is 5.60 Å². The molecule has 1 N–H and O–H groups in total. The second kappa shape index (κ2) is 3.61. The maximum Gasteiger partial charge on any atom is 0.0650 e. The summed E-state index contributed by atoms with van der Waals surface area (Å²) in [5, 5.41) is 10.2. The van der Waals surface area contributed by atoms with Crippen LogP contribution in [0.2, 0.25) is 0 Å². The van der Waals surface area contributed by atoms with Gasteiger partial charge in [0.15, 0.2) is 0 Å². The van der Waals surface area contributed by atoms with Crippen LogP contribution in [0.1, 0.15) is 47.5 Å². The van der Waals surface area contributed by atoms with Gasteiger partial charge in [-0.1, -0.05) is 34.1 Å². The molecule has 0 bridgehead atoms. The third-order valence-electron chi connectivity index (χ3n) is 4.54. The van der Waals surface area contributed by atoms with E-state index in [1.165, 1.54) is 6.42 Å². The molecule has 0 aliphatic heterocycles. The molecule has 1 aliphatic rings. The molecule has 0 radical (unpaired) electrons. The van der Waals surface area contributed by atoms with Crippen LogP contribution in [0.5, 0.6) is 0 Å². The third kappa shape index (κ3) is 1.90. The lowest BCUT2D eigenvalue weighted by Crippen LogP contribution is -2.47. The highest BCUT2D eigenvalue weighted by molar-refractivity contribution is 4.93. The Morgan fingerprint density at radius 1 is 1.23 bits per heavy atom. The summed E-state index contributed by atoms with van der Waals surface area (Å²) in [6.45, 7) is 11.0. The van der Waals surface area contributed by atoms with E-state index in [9.17, 15) is 5.11 Å². The highest BCUT2D eigenvalue weighted by Crippen LogP contribution is 2.45. The maximum atomic E-state index is 10.2. The summed E-state index contributed by atoms with van der Waals surface area (Å²) in [5.41, 5.74) is -0.438. The second-order valence-electron chi connectivity index (χ2n) is 5.24. The minimum atomic E-state index is -0.438. The summed E-state index contributed by atoms with van der Waals surface area (Å²) in [6, 6.07) is 0. The predicted molar refractivity (Wildman–Crippen MR) is 56.5 cm³/mol. The largest absolute Gasteiger partial charge is 0.390 e. The lowest BCUT2D eigenvalue weighted by Gasteiger charge is -2.47. The van der Waals surface area contributed by atoms with Crippen LogP contribution in [-0.2, 0) is 0 Å². The Morgan fingerprint density at radius 3 is 2.23 bits per heavy atom. The van der Waals surface area contributed by atoms with E-state index in [0.717, 1.165) is 12.3 Å². The van der Waals surface area contributed by atoms with E-state index in [2.05, 4.69) is 27.7 Å². The summed E-state index contributed by atoms with van der Waals surface area (Å²) >= 11 is 0. The lowest BCUT2D eigenvalue weighted by atomic mass is 9.61. The molecule has 0 amide bonds. The first-order valence-corrected chi connectivity index (χ1v) is 5.62. The lowest BCUT2D eigenvalue weighted by molar-refractivity contribution is -0.0900. The SMILES string of the molecule is CC[C@H]1CC(C)(O)[C@H](C)[C@@H](C)[C@@H]1C. The molecular weight excluding hydrogens is 160 g/mol. The highest BCUT2D eigenvalue weighted by atomic mass is 16.3. The Balaban J connectivity index is 2.79. The molecular formula is C12H24O. The van der Waals surface area contributed by atoms with Crippen molar-refractivity contribution in [1.82, 2.24) is 0 Å². The normalized spacial score (nSPS) is 52.2. The number of aliphatic hydroxyl groups is 1. The molecule has 1 unspecified atom stereocenters. The van der Waals surface area contributed by atoms with Gasteiger partial charge in [-0.2, -0.15) is 0 Å². The average molecular weight is 184 g/mol. The van der Waals surface area contributed by atoms with E-state index in [-0.39, 0.29) is 0 Å². The van der Waals surface area contributed by atoms with Gasteiger partial charge in [-0.05, 0) is 37.0 Å². The Morgan fingerprint density at radius 2 is 1.77 bits per heavy atom. The van der Waals surface area contributed by atoms with Crippen molar-refractivity contribution in [1.29, 1.82) is 0 Å². The number of rotatable bonds is 1. The van der Waals surface area contributed by atoms with Crippen molar-refractivity contribution in [2.24, 2.45) is 23.7 Å². The summed E-state index contributed by atoms with van der Waals surface area (Å²) < 4.78 is 0. The van der Waals surface area contributed by atoms with Crippen LogP contribution < -0.4 is 0 Å². The molecule has 0 aromatic heterocycles. The van der Waals surface area contributed by atoms with E-state index in [0.29, 0.717) is 17.8 Å². The fraction of sp³-hybridized carbons (Fsp3) is 1.00. The van der Waals surface area contributed by atoms with Gasteiger partial charge in [0, 0.05) is 0 Å². The van der Waals surface area contributed by atoms with Crippen LogP contribution >= 0.6 is 0 Å². The fourth-order valence-corrected chi connectivity index (χ4v) is 2.87. The van der Waals surface area contributed by atoms with Crippen molar-refractivity contribution in [2.45, 2.75) is 53.1 Å². The Bertz CT molecular complexity index is 172. The van der Waals surface area contributed by atoms with Crippen LogP contribution in [-0.4, -0.2) is 10.7 Å². The third-order valence-corrected chi connectivity index (χ3v) is 4.54. The smallest absolute Gasteiger partial charge is 0.0650 e. The van der Waals surface area contributed by atoms with Crippen molar-refractivity contribution >= 4 is 0 Å². The maximum absolute atomic E-state index is 10.2. The second-order valence-corrected chi connectivity index (χ2v) is 5.24. The van der Waals surface area contributed by atoms with Gasteiger partial charge in [-0.25, -0.2) is 0 Å². The summed E-state index contributed by atoms with van der Waals surface area (Å²) in [5.74, 6) is 2.56. The molecule has 1 fully saturated rings. The molecule has 0 spiro atoms. The van der Waals surface area contributed by atoms with Gasteiger partial charge in [-0.3, -0.25) is 0 Å². The molecule has 0 heterocycles. The van der Waals surface area contributed by atoms with E-state index in [1.54, 1.807) is 0 Å². The quantitative estimate of drug-likeness (QED) is 0.664. The Labute approximate surface area is 82.5 Å². The molecule has 1 saturated carbocycles. The van der Waals surface area contributed by atoms with Gasteiger partial charge in [0.25, 0.3) is 0 Å². The van der Waals surface area contributed by atoms with E-state index in [1.807, 2.05) is 6.92 Å². The molecule has 5 atom stereocenters. The summed E-state index contributed by atoms with van der Waals surface area (Å²) in [4.78, 5) is 0. The first-order chi connectivity index (χ1) is 5.90. The van der Waals surface area contributed by atoms with Gasteiger partial charge in [0.05, 0.1) is 5.60 Å². The minimum Gasteiger partial charge on any atom is -0.390 e. The van der Waals surface area contributed by atoms with E-state index >= 15 is 0 Å². The molecule has 0 aromatic rings. The van der Waals surface area contributed by atoms with Crippen LogP contribution in [0.3, 0.4) is 0 Å². The summed E-state index contributed by atoms with van der Waals surface area (Å²) in [7, 11) is 0. The molecule has 0 saturated heterocycles. The molecule has 0 aromatic carbocycles. The zero-order valence-corrected chi connectivity index (χ0v) is 9.67. The molecule has 78 valence electrons. The minimum absolute atomic E-state index is 0.435. The van der Waals surface area contributed by atoms with Gasteiger partial charge >= 0.3 is 0 Å². The zero-order valence-electron chi connectivity index (χ0n) is 9.67. The Hall–Kier alpha value is -0.0400. The van der Waals surface area contributed by atoms with Crippen molar-refractivity contribution in [3.05, 3.63) is 0 Å². The van der Waals surface area contributed by atoms with Gasteiger partial charge < -0.3 is 5.11 Å². The van der Waals surface area contributed by atoms with Crippen molar-refractivity contribution in [2.75, 3.05) is 0 Å². The van der Waals surface area contributed by atoms with Gasteiger partial charge in [0.2, 0.25) is 0 Å². The van der Waals surface area contributed by atoms with Crippen LogP contribution in [0.15, 0.2) is 0 Å². The van der Waals surface area contributed by atoms with Crippen LogP contribution in [0.25, 0.3) is 0 Å². The first-order valence-electron chi connectivity index (χ1n) is 5.62. The standard InChI is InChI=1S/C12H24O/c1-6-11-7-12(5,13)10(4)8(2)9(11)3/h8-11,13H,6-7H2,1-5H3/t8-,9-,10+,11-,12?/m0/s1. The molecule has 13 heavy (non-hydrogen) atoms. The van der Waals surface area contributed by atoms with Crippen molar-refractivity contribution in [3.8, 4) is 0 Å². The monoisotopic (exact) mass is 184 g/mol. The highest BCUT2D eigenvalue weighted by Gasteiger charge is 2.43. The van der Waals surface area contributed by atoms with Gasteiger partial charge in [-0.15, -0.1) is 0 Å². The van der Waals surface area contributed by atoms with Crippen molar-refractivity contribution in [3.63, 3.8) is 0 Å². The van der Waals surface area contributed by atoms with Crippen LogP contribution in [0.4, 0.5) is 0 Å². The zero-order chi connectivity index (χ0) is 10.2.